The van der Waals surface area contributed by atoms with Crippen molar-refractivity contribution in [2.75, 3.05) is 0 Å². The first-order valence-corrected chi connectivity index (χ1v) is 13.5. The van der Waals surface area contributed by atoms with Gasteiger partial charge in [0, 0.05) is 5.41 Å². The highest BCUT2D eigenvalue weighted by Crippen LogP contribution is 2.52. The van der Waals surface area contributed by atoms with Crippen LogP contribution in [-0.4, -0.2) is 0 Å². The van der Waals surface area contributed by atoms with Gasteiger partial charge in [-0.3, -0.25) is 0 Å². The molecule has 0 aliphatic heterocycles. The van der Waals surface area contributed by atoms with Crippen LogP contribution in [0, 0.1) is 6.92 Å². The summed E-state index contributed by atoms with van der Waals surface area (Å²) in [6.07, 6.45) is 0. The van der Waals surface area contributed by atoms with Gasteiger partial charge >= 0.3 is 0 Å². The van der Waals surface area contributed by atoms with E-state index in [-0.39, 0.29) is 5.41 Å². The maximum Gasteiger partial charge on any atom is 0.0159 e. The van der Waals surface area contributed by atoms with E-state index in [2.05, 4.69) is 136 Å². The molecule has 0 saturated carbocycles. The summed E-state index contributed by atoms with van der Waals surface area (Å²) in [6.45, 7) is 6.92. The zero-order valence-electron chi connectivity index (χ0n) is 22.0. The normalized spacial score (nSPS) is 13.9. The Hall–Kier alpha value is -4.42. The molecule has 2 aliphatic rings. The van der Waals surface area contributed by atoms with Crippen LogP contribution in [0.2, 0.25) is 0 Å². The SMILES string of the molecule is Cc1cccc(-c2ccc3c(c2)C(C)(C)c2cc(-c4ccc5c6c(cccc46)-c4ccccc4-5)ccc2-3)c1. The van der Waals surface area contributed by atoms with Gasteiger partial charge in [0.15, 0.2) is 0 Å². The van der Waals surface area contributed by atoms with E-state index < -0.39 is 0 Å². The second kappa shape index (κ2) is 7.55. The fourth-order valence-electron chi connectivity index (χ4n) is 6.97. The molecule has 0 bridgehead atoms. The van der Waals surface area contributed by atoms with Gasteiger partial charge in [0.2, 0.25) is 0 Å². The summed E-state index contributed by atoms with van der Waals surface area (Å²) in [7, 11) is 0. The van der Waals surface area contributed by atoms with Crippen molar-refractivity contribution in [1.29, 1.82) is 0 Å². The molecule has 6 aromatic carbocycles. The minimum Gasteiger partial charge on any atom is -0.0616 e. The molecule has 0 atom stereocenters. The molecule has 2 aliphatic carbocycles. The van der Waals surface area contributed by atoms with Gasteiger partial charge in [0.25, 0.3) is 0 Å². The molecule has 0 unspecified atom stereocenters. The van der Waals surface area contributed by atoms with E-state index >= 15 is 0 Å². The van der Waals surface area contributed by atoms with E-state index in [1.165, 1.54) is 83.1 Å². The van der Waals surface area contributed by atoms with Crippen molar-refractivity contribution in [1.82, 2.24) is 0 Å². The van der Waals surface area contributed by atoms with Crippen molar-refractivity contribution in [3.63, 3.8) is 0 Å². The molecule has 6 aromatic rings. The van der Waals surface area contributed by atoms with Crippen molar-refractivity contribution in [2.45, 2.75) is 26.2 Å². The molecule has 0 radical (unpaired) electrons. The second-order valence-corrected chi connectivity index (χ2v) is 11.4. The number of hydrogen-bond acceptors (Lipinski definition) is 0. The first kappa shape index (κ1) is 21.6. The Morgan fingerprint density at radius 3 is 1.71 bits per heavy atom. The van der Waals surface area contributed by atoms with Crippen LogP contribution in [0.3, 0.4) is 0 Å². The van der Waals surface area contributed by atoms with E-state index in [9.17, 15) is 0 Å². The summed E-state index contributed by atoms with van der Waals surface area (Å²) < 4.78 is 0. The molecule has 180 valence electrons. The van der Waals surface area contributed by atoms with E-state index in [1.807, 2.05) is 0 Å². The lowest BCUT2D eigenvalue weighted by molar-refractivity contribution is 0.661. The molecule has 0 saturated heterocycles. The number of hydrogen-bond donors (Lipinski definition) is 0. The topological polar surface area (TPSA) is 0 Å². The first-order valence-electron chi connectivity index (χ1n) is 13.5. The molecule has 0 N–H and O–H groups in total. The van der Waals surface area contributed by atoms with Crippen LogP contribution in [0.4, 0.5) is 0 Å². The summed E-state index contributed by atoms with van der Waals surface area (Å²) in [5.74, 6) is 0. The number of benzene rings is 6. The van der Waals surface area contributed by atoms with Gasteiger partial charge in [-0.2, -0.15) is 0 Å². The Balaban J connectivity index is 1.28. The van der Waals surface area contributed by atoms with Gasteiger partial charge in [-0.25, -0.2) is 0 Å². The fourth-order valence-corrected chi connectivity index (χ4v) is 6.97. The predicted octanol–water partition coefficient (Wildman–Crippen LogP) is 10.4. The maximum atomic E-state index is 2.45. The summed E-state index contributed by atoms with van der Waals surface area (Å²) in [5, 5.41) is 2.73. The molecule has 38 heavy (non-hydrogen) atoms. The van der Waals surface area contributed by atoms with Crippen LogP contribution in [0.1, 0.15) is 30.5 Å². The average molecular weight is 485 g/mol. The summed E-state index contributed by atoms with van der Waals surface area (Å²) in [6, 6.07) is 43.2. The third-order valence-corrected chi connectivity index (χ3v) is 8.89. The quantitative estimate of drug-likeness (QED) is 0.229. The Bertz CT molecular complexity index is 1920. The van der Waals surface area contributed by atoms with Crippen LogP contribution >= 0.6 is 0 Å². The molecular weight excluding hydrogens is 456 g/mol. The first-order chi connectivity index (χ1) is 18.5. The van der Waals surface area contributed by atoms with Crippen molar-refractivity contribution < 1.29 is 0 Å². The number of fused-ring (bicyclic) bond motifs is 6. The number of rotatable bonds is 2. The fraction of sp³-hybridized carbons (Fsp3) is 0.105. The summed E-state index contributed by atoms with van der Waals surface area (Å²) in [4.78, 5) is 0. The van der Waals surface area contributed by atoms with Gasteiger partial charge in [-0.15, -0.1) is 0 Å². The van der Waals surface area contributed by atoms with Crippen molar-refractivity contribution in [3.05, 3.63) is 132 Å². The molecule has 0 spiro atoms. The molecule has 8 rings (SSSR count). The molecule has 0 heterocycles. The van der Waals surface area contributed by atoms with Gasteiger partial charge in [0.1, 0.15) is 0 Å². The molecule has 0 nitrogen and oxygen atoms in total. The summed E-state index contributed by atoms with van der Waals surface area (Å²) >= 11 is 0. The van der Waals surface area contributed by atoms with E-state index in [0.29, 0.717) is 0 Å². The average Bonchev–Trinajstić information content (AvgIpc) is 3.39. The smallest absolute Gasteiger partial charge is 0.0159 e. The predicted molar refractivity (Wildman–Crippen MR) is 162 cm³/mol. The largest absolute Gasteiger partial charge is 0.0616 e. The highest BCUT2D eigenvalue weighted by Gasteiger charge is 2.36. The molecule has 0 heteroatoms. The molecular formula is C38H28. The van der Waals surface area contributed by atoms with Crippen LogP contribution < -0.4 is 0 Å². The monoisotopic (exact) mass is 484 g/mol. The van der Waals surface area contributed by atoms with Gasteiger partial charge in [-0.1, -0.05) is 123 Å². The van der Waals surface area contributed by atoms with Crippen LogP contribution in [0.15, 0.2) is 115 Å². The third-order valence-electron chi connectivity index (χ3n) is 8.89. The van der Waals surface area contributed by atoms with Crippen LogP contribution in [0.5, 0.6) is 0 Å². The highest BCUT2D eigenvalue weighted by atomic mass is 14.4. The standard InChI is InChI=1S/C38H28/c1-23-8-6-9-24(20-23)25-14-16-30-31-17-15-26(22-36(31)38(2,3)35(30)21-25)27-18-19-34-29-11-5-4-10-28(29)33-13-7-12-32(27)37(33)34/h4-22H,1-3H3. The van der Waals surface area contributed by atoms with Crippen LogP contribution in [-0.2, 0) is 5.41 Å². The van der Waals surface area contributed by atoms with Crippen molar-refractivity contribution in [3.8, 4) is 55.6 Å². The maximum absolute atomic E-state index is 2.45. The van der Waals surface area contributed by atoms with Crippen LogP contribution in [0.25, 0.3) is 66.4 Å². The minimum atomic E-state index is -0.0639. The minimum absolute atomic E-state index is 0.0639. The Labute approximate surface area is 224 Å². The van der Waals surface area contributed by atoms with Gasteiger partial charge in [0.05, 0.1) is 0 Å². The lowest BCUT2D eigenvalue weighted by Gasteiger charge is -2.23. The van der Waals surface area contributed by atoms with E-state index in [1.54, 1.807) is 0 Å². The zero-order chi connectivity index (χ0) is 25.6. The number of aryl methyl sites for hydroxylation is 1. The van der Waals surface area contributed by atoms with Crippen molar-refractivity contribution >= 4 is 10.8 Å². The van der Waals surface area contributed by atoms with Gasteiger partial charge < -0.3 is 0 Å². The summed E-state index contributed by atoms with van der Waals surface area (Å²) in [5.41, 5.74) is 17.4. The Morgan fingerprint density at radius 2 is 0.974 bits per heavy atom. The molecule has 0 fully saturated rings. The Kier molecular flexibility index (Phi) is 4.30. The van der Waals surface area contributed by atoms with E-state index in [4.69, 9.17) is 0 Å². The lowest BCUT2D eigenvalue weighted by atomic mass is 9.80. The van der Waals surface area contributed by atoms with E-state index in [0.717, 1.165) is 0 Å². The second-order valence-electron chi connectivity index (χ2n) is 11.4. The lowest BCUT2D eigenvalue weighted by Crippen LogP contribution is -2.15. The molecule has 0 aromatic heterocycles. The molecule has 0 amide bonds. The van der Waals surface area contributed by atoms with Gasteiger partial charge in [-0.05, 0) is 96.6 Å². The third kappa shape index (κ3) is 2.86. The Morgan fingerprint density at radius 1 is 0.421 bits per heavy atom. The highest BCUT2D eigenvalue weighted by molar-refractivity contribution is 6.18. The zero-order valence-corrected chi connectivity index (χ0v) is 22.0. The van der Waals surface area contributed by atoms with Crippen molar-refractivity contribution in [2.24, 2.45) is 0 Å².